The Hall–Kier alpha value is -5.63. The third kappa shape index (κ3) is 5.65. The summed E-state index contributed by atoms with van der Waals surface area (Å²) in [6.07, 6.45) is -4.44. The van der Waals surface area contributed by atoms with Gasteiger partial charge in [0, 0.05) is 27.9 Å². The lowest BCUT2D eigenvalue weighted by Gasteiger charge is -2.13. The number of imidazole rings is 1. The van der Waals surface area contributed by atoms with Gasteiger partial charge >= 0.3 is 6.18 Å². The Morgan fingerprint density at radius 1 is 0.500 bits per heavy atom. The van der Waals surface area contributed by atoms with Crippen LogP contribution in [0.4, 0.5) is 13.2 Å². The second-order valence-corrected chi connectivity index (χ2v) is 11.4. The maximum Gasteiger partial charge on any atom is 0.416 e. The van der Waals surface area contributed by atoms with E-state index in [1.807, 2.05) is 73.7 Å². The number of fused-ring (bicyclic) bond motifs is 1. The van der Waals surface area contributed by atoms with E-state index in [2.05, 4.69) is 47.7 Å². The van der Waals surface area contributed by atoms with Gasteiger partial charge in [0.25, 0.3) is 0 Å². The van der Waals surface area contributed by atoms with Crippen molar-refractivity contribution in [3.63, 3.8) is 0 Å². The Labute approximate surface area is 264 Å². The SMILES string of the molecule is Cc1ccc(-c2nc(-c3ccc(C(F)(F)F)cc3)nc(-c3cccc(-c4nc5ccccc5n4-c4cc(C)cc(C)c4)c3)n2)cc1. The summed E-state index contributed by atoms with van der Waals surface area (Å²) in [7, 11) is 0. The van der Waals surface area contributed by atoms with E-state index in [9.17, 15) is 13.2 Å². The first-order valence-electron chi connectivity index (χ1n) is 14.8. The van der Waals surface area contributed by atoms with Gasteiger partial charge < -0.3 is 0 Å². The zero-order valence-corrected chi connectivity index (χ0v) is 25.3. The molecule has 0 atom stereocenters. The molecule has 226 valence electrons. The van der Waals surface area contributed by atoms with E-state index in [0.717, 1.165) is 68.1 Å². The monoisotopic (exact) mass is 611 g/mol. The average molecular weight is 612 g/mol. The molecule has 8 heteroatoms. The number of para-hydroxylation sites is 2. The van der Waals surface area contributed by atoms with Crippen LogP contribution >= 0.6 is 0 Å². The lowest BCUT2D eigenvalue weighted by atomic mass is 10.1. The molecule has 0 spiro atoms. The van der Waals surface area contributed by atoms with Crippen LogP contribution < -0.4 is 0 Å². The number of hydrogen-bond acceptors (Lipinski definition) is 4. The van der Waals surface area contributed by atoms with Gasteiger partial charge in [0.05, 0.1) is 16.6 Å². The van der Waals surface area contributed by atoms with E-state index < -0.39 is 11.7 Å². The van der Waals surface area contributed by atoms with Crippen LogP contribution in [0.1, 0.15) is 22.3 Å². The minimum absolute atomic E-state index is 0.280. The summed E-state index contributed by atoms with van der Waals surface area (Å²) < 4.78 is 42.1. The van der Waals surface area contributed by atoms with Crippen LogP contribution in [0.3, 0.4) is 0 Å². The third-order valence-corrected chi connectivity index (χ3v) is 7.82. The summed E-state index contributed by atoms with van der Waals surface area (Å²) in [5.74, 6) is 1.87. The van der Waals surface area contributed by atoms with E-state index in [4.69, 9.17) is 15.0 Å². The van der Waals surface area contributed by atoms with Gasteiger partial charge in [-0.05, 0) is 74.4 Å². The quantitative estimate of drug-likeness (QED) is 0.194. The first-order valence-corrected chi connectivity index (χ1v) is 14.8. The van der Waals surface area contributed by atoms with Gasteiger partial charge in [0.2, 0.25) is 0 Å². The van der Waals surface area contributed by atoms with Gasteiger partial charge in [0.1, 0.15) is 5.82 Å². The first kappa shape index (κ1) is 29.1. The molecule has 0 aliphatic heterocycles. The van der Waals surface area contributed by atoms with Gasteiger partial charge in [-0.15, -0.1) is 0 Å². The zero-order valence-electron chi connectivity index (χ0n) is 25.3. The van der Waals surface area contributed by atoms with Gasteiger partial charge in [-0.25, -0.2) is 19.9 Å². The van der Waals surface area contributed by atoms with Crippen LogP contribution in [0.2, 0.25) is 0 Å². The molecule has 0 unspecified atom stereocenters. The molecule has 46 heavy (non-hydrogen) atoms. The highest BCUT2D eigenvalue weighted by molar-refractivity contribution is 5.84. The maximum absolute atomic E-state index is 13.3. The van der Waals surface area contributed by atoms with Crippen molar-refractivity contribution >= 4 is 11.0 Å². The minimum Gasteiger partial charge on any atom is -0.292 e. The van der Waals surface area contributed by atoms with Crippen LogP contribution in [0, 0.1) is 20.8 Å². The molecule has 2 aromatic heterocycles. The van der Waals surface area contributed by atoms with Crippen molar-refractivity contribution in [1.82, 2.24) is 24.5 Å². The van der Waals surface area contributed by atoms with E-state index in [1.54, 1.807) is 0 Å². The Bertz CT molecular complexity index is 2200. The maximum atomic E-state index is 13.3. The van der Waals surface area contributed by atoms with E-state index in [1.165, 1.54) is 12.1 Å². The Morgan fingerprint density at radius 3 is 1.70 bits per heavy atom. The molecule has 0 fully saturated rings. The fraction of sp³-hybridized carbons (Fsp3) is 0.105. The molecule has 0 saturated carbocycles. The van der Waals surface area contributed by atoms with E-state index >= 15 is 0 Å². The normalized spacial score (nSPS) is 11.7. The lowest BCUT2D eigenvalue weighted by Crippen LogP contribution is -2.05. The van der Waals surface area contributed by atoms with Crippen LogP contribution in [-0.2, 0) is 6.18 Å². The number of aryl methyl sites for hydroxylation is 3. The number of hydrogen-bond donors (Lipinski definition) is 0. The van der Waals surface area contributed by atoms with Crippen LogP contribution in [0.25, 0.3) is 62.3 Å². The Balaban J connectivity index is 1.39. The van der Waals surface area contributed by atoms with Gasteiger partial charge in [-0.3, -0.25) is 4.57 Å². The number of benzene rings is 5. The second-order valence-electron chi connectivity index (χ2n) is 11.4. The van der Waals surface area contributed by atoms with Crippen molar-refractivity contribution in [2.75, 3.05) is 0 Å². The van der Waals surface area contributed by atoms with Crippen LogP contribution in [-0.4, -0.2) is 24.5 Å². The van der Waals surface area contributed by atoms with Crippen LogP contribution in [0.5, 0.6) is 0 Å². The molecule has 0 aliphatic carbocycles. The van der Waals surface area contributed by atoms with Crippen molar-refractivity contribution in [3.8, 4) is 51.2 Å². The topological polar surface area (TPSA) is 56.5 Å². The Kier molecular flexibility index (Phi) is 7.20. The highest BCUT2D eigenvalue weighted by Crippen LogP contribution is 2.34. The summed E-state index contributed by atoms with van der Waals surface area (Å²) in [6.45, 7) is 6.15. The predicted octanol–water partition coefficient (Wildman–Crippen LogP) is 9.82. The molecular formula is C38H28F3N5. The van der Waals surface area contributed by atoms with Gasteiger partial charge in [0.15, 0.2) is 17.5 Å². The third-order valence-electron chi connectivity index (χ3n) is 7.82. The molecule has 5 nitrogen and oxygen atoms in total. The van der Waals surface area contributed by atoms with Gasteiger partial charge in [-0.2, -0.15) is 13.2 Å². The van der Waals surface area contributed by atoms with Crippen LogP contribution in [0.15, 0.2) is 115 Å². The fourth-order valence-electron chi connectivity index (χ4n) is 5.63. The predicted molar refractivity (Wildman–Crippen MR) is 175 cm³/mol. The molecule has 0 aliphatic rings. The molecule has 0 saturated heterocycles. The fourth-order valence-corrected chi connectivity index (χ4v) is 5.63. The van der Waals surface area contributed by atoms with Crippen molar-refractivity contribution < 1.29 is 13.2 Å². The first-order chi connectivity index (χ1) is 22.1. The van der Waals surface area contributed by atoms with Gasteiger partial charge in [-0.1, -0.05) is 78.4 Å². The molecule has 0 N–H and O–H groups in total. The summed E-state index contributed by atoms with van der Waals surface area (Å²) in [5, 5.41) is 0. The highest BCUT2D eigenvalue weighted by atomic mass is 19.4. The molecular weight excluding hydrogens is 583 g/mol. The molecule has 0 bridgehead atoms. The smallest absolute Gasteiger partial charge is 0.292 e. The second kappa shape index (κ2) is 11.4. The molecule has 7 aromatic rings. The molecule has 0 amide bonds. The minimum atomic E-state index is -4.44. The molecule has 2 heterocycles. The van der Waals surface area contributed by atoms with Crippen molar-refractivity contribution in [2.24, 2.45) is 0 Å². The summed E-state index contributed by atoms with van der Waals surface area (Å²) >= 11 is 0. The number of alkyl halides is 3. The highest BCUT2D eigenvalue weighted by Gasteiger charge is 2.30. The summed E-state index contributed by atoms with van der Waals surface area (Å²) in [4.78, 5) is 19.3. The number of nitrogens with zero attached hydrogens (tertiary/aromatic N) is 5. The van der Waals surface area contributed by atoms with E-state index in [-0.39, 0.29) is 5.82 Å². The molecule has 7 rings (SSSR count). The summed E-state index contributed by atoms with van der Waals surface area (Å²) in [5.41, 5.74) is 8.33. The standard InChI is InChI=1S/C38H28F3N5/c1-23-11-13-26(14-12-23)34-43-35(27-15-17-30(18-16-27)38(39,40)41)45-36(44-34)28-7-6-8-29(22-28)37-42-32-9-4-5-10-33(32)46(37)31-20-24(2)19-25(3)21-31/h4-22H,1-3H3. The van der Waals surface area contributed by atoms with Crippen molar-refractivity contribution in [1.29, 1.82) is 0 Å². The largest absolute Gasteiger partial charge is 0.416 e. The lowest BCUT2D eigenvalue weighted by molar-refractivity contribution is -0.137. The van der Waals surface area contributed by atoms with Crippen molar-refractivity contribution in [2.45, 2.75) is 26.9 Å². The Morgan fingerprint density at radius 2 is 1.07 bits per heavy atom. The summed E-state index contributed by atoms with van der Waals surface area (Å²) in [6, 6.07) is 35.0. The molecule has 0 radical (unpaired) electrons. The average Bonchev–Trinajstić information content (AvgIpc) is 3.44. The zero-order chi connectivity index (χ0) is 32.0. The number of halogens is 3. The van der Waals surface area contributed by atoms with Crippen molar-refractivity contribution in [3.05, 3.63) is 138 Å². The number of aromatic nitrogens is 5. The molecule has 5 aromatic carbocycles. The number of rotatable bonds is 5. The van der Waals surface area contributed by atoms with E-state index in [0.29, 0.717) is 17.2 Å².